The van der Waals surface area contributed by atoms with Crippen LogP contribution < -0.4 is 5.73 Å². The second kappa shape index (κ2) is 7.04. The molecule has 0 heterocycles. The van der Waals surface area contributed by atoms with Crippen molar-refractivity contribution in [2.75, 3.05) is 40.9 Å². The monoisotopic (exact) mass is 285 g/mol. The van der Waals surface area contributed by atoms with Crippen molar-refractivity contribution in [1.29, 1.82) is 0 Å². The lowest BCUT2D eigenvalue weighted by atomic mass is 9.83. The molecule has 6 heteroatoms. The van der Waals surface area contributed by atoms with Crippen LogP contribution in [0.3, 0.4) is 0 Å². The highest BCUT2D eigenvalue weighted by molar-refractivity contribution is 5.88. The van der Waals surface area contributed by atoms with Crippen molar-refractivity contribution in [3.63, 3.8) is 0 Å². The van der Waals surface area contributed by atoms with Gasteiger partial charge in [-0.15, -0.1) is 0 Å². The normalized spacial score (nSPS) is 25.6. The molecular formula is C14H27N3O3. The Morgan fingerprint density at radius 2 is 2.05 bits per heavy atom. The summed E-state index contributed by atoms with van der Waals surface area (Å²) < 4.78 is 5.04. The molecule has 2 N–H and O–H groups in total. The molecule has 0 aromatic rings. The third kappa shape index (κ3) is 3.70. The molecule has 2 amide bonds. The maximum atomic E-state index is 12.8. The minimum Gasteiger partial charge on any atom is -0.383 e. The topological polar surface area (TPSA) is 75.9 Å². The molecule has 1 aliphatic rings. The van der Waals surface area contributed by atoms with Crippen LogP contribution in [-0.2, 0) is 14.3 Å². The average Bonchev–Trinajstić information content (AvgIpc) is 2.74. The van der Waals surface area contributed by atoms with E-state index in [0.717, 1.165) is 19.3 Å². The van der Waals surface area contributed by atoms with Gasteiger partial charge in [0.15, 0.2) is 0 Å². The Hall–Kier alpha value is -1.14. The van der Waals surface area contributed by atoms with Crippen LogP contribution in [-0.4, -0.2) is 68.6 Å². The summed E-state index contributed by atoms with van der Waals surface area (Å²) >= 11 is 0. The molecule has 1 saturated carbocycles. The Morgan fingerprint density at radius 3 is 2.50 bits per heavy atom. The van der Waals surface area contributed by atoms with Crippen molar-refractivity contribution in [3.05, 3.63) is 0 Å². The van der Waals surface area contributed by atoms with Crippen LogP contribution in [0.4, 0.5) is 0 Å². The van der Waals surface area contributed by atoms with Crippen LogP contribution in [0, 0.1) is 5.41 Å². The minimum absolute atomic E-state index is 0.0326. The Bertz CT molecular complexity index is 360. The lowest BCUT2D eigenvalue weighted by Gasteiger charge is -2.34. The highest BCUT2D eigenvalue weighted by atomic mass is 16.5. The third-order valence-corrected chi connectivity index (χ3v) is 4.20. The predicted molar refractivity (Wildman–Crippen MR) is 77.1 cm³/mol. The molecule has 0 saturated heterocycles. The number of hydrogen-bond donors (Lipinski definition) is 1. The first-order valence-corrected chi connectivity index (χ1v) is 7.07. The van der Waals surface area contributed by atoms with Crippen LogP contribution in [0.15, 0.2) is 0 Å². The Balaban J connectivity index is 2.81. The third-order valence-electron chi connectivity index (χ3n) is 4.20. The number of likely N-dealkylation sites (N-methyl/N-ethyl adjacent to an activating group) is 1. The van der Waals surface area contributed by atoms with E-state index in [4.69, 9.17) is 10.5 Å². The number of methoxy groups -OCH3 is 1. The first-order valence-electron chi connectivity index (χ1n) is 7.07. The highest BCUT2D eigenvalue weighted by Crippen LogP contribution is 2.38. The first kappa shape index (κ1) is 16.9. The second-order valence-corrected chi connectivity index (χ2v) is 5.92. The number of carbonyl (C=O) groups excluding carboxylic acids is 2. The van der Waals surface area contributed by atoms with Crippen LogP contribution in [0.5, 0.6) is 0 Å². The number of nitrogens with zero attached hydrogens (tertiary/aromatic N) is 2. The van der Waals surface area contributed by atoms with Crippen molar-refractivity contribution in [3.8, 4) is 0 Å². The van der Waals surface area contributed by atoms with Gasteiger partial charge >= 0.3 is 0 Å². The van der Waals surface area contributed by atoms with E-state index in [1.807, 2.05) is 6.92 Å². The molecular weight excluding hydrogens is 258 g/mol. The summed E-state index contributed by atoms with van der Waals surface area (Å²) in [7, 11) is 4.95. The summed E-state index contributed by atoms with van der Waals surface area (Å²) in [6.07, 6.45) is 2.61. The SMILES string of the molecule is COCCN(CC(=O)N(C)C)C(=O)C1(C)CCCC1N. The molecule has 1 aliphatic carbocycles. The van der Waals surface area contributed by atoms with E-state index in [1.165, 1.54) is 4.90 Å². The molecule has 6 nitrogen and oxygen atoms in total. The van der Waals surface area contributed by atoms with Gasteiger partial charge in [-0.2, -0.15) is 0 Å². The fourth-order valence-corrected chi connectivity index (χ4v) is 2.58. The number of rotatable bonds is 6. The Kier molecular flexibility index (Phi) is 5.95. The van der Waals surface area contributed by atoms with Gasteiger partial charge in [-0.3, -0.25) is 9.59 Å². The van der Waals surface area contributed by atoms with Gasteiger partial charge in [0.05, 0.1) is 18.6 Å². The number of ether oxygens (including phenoxy) is 1. The van der Waals surface area contributed by atoms with Gasteiger partial charge in [0.25, 0.3) is 0 Å². The van der Waals surface area contributed by atoms with Gasteiger partial charge in [0, 0.05) is 33.8 Å². The molecule has 1 rings (SSSR count). The fourth-order valence-electron chi connectivity index (χ4n) is 2.58. The van der Waals surface area contributed by atoms with E-state index < -0.39 is 5.41 Å². The standard InChI is InChI=1S/C14H27N3O3/c1-14(7-5-6-11(14)15)13(19)17(8-9-20-4)10-12(18)16(2)3/h11H,5-10,15H2,1-4H3. The summed E-state index contributed by atoms with van der Waals surface area (Å²) in [4.78, 5) is 27.7. The van der Waals surface area contributed by atoms with Crippen molar-refractivity contribution in [1.82, 2.24) is 9.80 Å². The van der Waals surface area contributed by atoms with E-state index in [1.54, 1.807) is 26.1 Å². The van der Waals surface area contributed by atoms with Crippen molar-refractivity contribution in [2.24, 2.45) is 11.1 Å². The van der Waals surface area contributed by atoms with Crippen LogP contribution >= 0.6 is 0 Å². The summed E-state index contributed by atoms with van der Waals surface area (Å²) in [6.45, 7) is 2.82. The van der Waals surface area contributed by atoms with E-state index in [9.17, 15) is 9.59 Å². The molecule has 0 aliphatic heterocycles. The van der Waals surface area contributed by atoms with Gasteiger partial charge in [-0.05, 0) is 19.8 Å². The van der Waals surface area contributed by atoms with Crippen LogP contribution in [0.25, 0.3) is 0 Å². The molecule has 0 bridgehead atoms. The van der Waals surface area contributed by atoms with Gasteiger partial charge in [-0.1, -0.05) is 6.42 Å². The minimum atomic E-state index is -0.555. The Morgan fingerprint density at radius 1 is 1.40 bits per heavy atom. The zero-order chi connectivity index (χ0) is 15.3. The fraction of sp³-hybridized carbons (Fsp3) is 0.857. The molecule has 20 heavy (non-hydrogen) atoms. The molecule has 0 aromatic carbocycles. The Labute approximate surface area is 121 Å². The summed E-state index contributed by atoms with van der Waals surface area (Å²) in [5, 5.41) is 0. The van der Waals surface area contributed by atoms with Gasteiger partial charge in [0.1, 0.15) is 0 Å². The molecule has 1 fully saturated rings. The number of amides is 2. The zero-order valence-electron chi connectivity index (χ0n) is 13.0. The highest BCUT2D eigenvalue weighted by Gasteiger charge is 2.45. The van der Waals surface area contributed by atoms with Gasteiger partial charge in [-0.25, -0.2) is 0 Å². The number of carbonyl (C=O) groups is 2. The molecule has 116 valence electrons. The van der Waals surface area contributed by atoms with Crippen molar-refractivity contribution in [2.45, 2.75) is 32.2 Å². The quantitative estimate of drug-likeness (QED) is 0.749. The van der Waals surface area contributed by atoms with E-state index in [2.05, 4.69) is 0 Å². The van der Waals surface area contributed by atoms with Crippen LogP contribution in [0.2, 0.25) is 0 Å². The maximum Gasteiger partial charge on any atom is 0.241 e. The lowest BCUT2D eigenvalue weighted by molar-refractivity contribution is -0.147. The van der Waals surface area contributed by atoms with Gasteiger partial charge in [0.2, 0.25) is 11.8 Å². The number of nitrogens with two attached hydrogens (primary N) is 1. The molecule has 0 aromatic heterocycles. The summed E-state index contributed by atoms with van der Waals surface area (Å²) in [5.41, 5.74) is 5.54. The average molecular weight is 285 g/mol. The van der Waals surface area contributed by atoms with E-state index >= 15 is 0 Å². The summed E-state index contributed by atoms with van der Waals surface area (Å²) in [6, 6.07) is -0.130. The molecule has 2 unspecified atom stereocenters. The second-order valence-electron chi connectivity index (χ2n) is 5.92. The smallest absolute Gasteiger partial charge is 0.241 e. The molecule has 0 spiro atoms. The van der Waals surface area contributed by atoms with E-state index in [0.29, 0.717) is 13.2 Å². The molecule has 2 atom stereocenters. The van der Waals surface area contributed by atoms with Crippen molar-refractivity contribution < 1.29 is 14.3 Å². The lowest BCUT2D eigenvalue weighted by Crippen LogP contribution is -2.52. The predicted octanol–water partition coefficient (Wildman–Crippen LogP) is 0.0671. The largest absolute Gasteiger partial charge is 0.383 e. The molecule has 0 radical (unpaired) electrons. The number of hydrogen-bond acceptors (Lipinski definition) is 4. The summed E-state index contributed by atoms with van der Waals surface area (Å²) in [5.74, 6) is -0.126. The van der Waals surface area contributed by atoms with Crippen LogP contribution in [0.1, 0.15) is 26.2 Å². The van der Waals surface area contributed by atoms with Gasteiger partial charge < -0.3 is 20.3 Å². The maximum absolute atomic E-state index is 12.8. The van der Waals surface area contributed by atoms with E-state index in [-0.39, 0.29) is 24.4 Å². The zero-order valence-corrected chi connectivity index (χ0v) is 13.0. The first-order chi connectivity index (χ1) is 9.32. The van der Waals surface area contributed by atoms with Crippen molar-refractivity contribution >= 4 is 11.8 Å².